The van der Waals surface area contributed by atoms with Gasteiger partial charge in [0.2, 0.25) is 5.91 Å². The van der Waals surface area contributed by atoms with Gasteiger partial charge in [-0.05, 0) is 54.7 Å². The second-order valence-electron chi connectivity index (χ2n) is 9.44. The summed E-state index contributed by atoms with van der Waals surface area (Å²) in [4.78, 5) is 20.5. The summed E-state index contributed by atoms with van der Waals surface area (Å²) in [6.07, 6.45) is -0.879. The third kappa shape index (κ3) is 4.54. The maximum absolute atomic E-state index is 13.7. The van der Waals surface area contributed by atoms with Crippen LogP contribution in [0.3, 0.4) is 0 Å². The quantitative estimate of drug-likeness (QED) is 0.444. The number of benzene rings is 2. The summed E-state index contributed by atoms with van der Waals surface area (Å²) >= 11 is 7.65. The van der Waals surface area contributed by atoms with Crippen LogP contribution in [0.5, 0.6) is 11.5 Å². The molecule has 2 fully saturated rings. The second kappa shape index (κ2) is 8.87. The zero-order valence-corrected chi connectivity index (χ0v) is 20.8. The largest absolute Gasteiger partial charge is 0.586 e. The zero-order chi connectivity index (χ0) is 25.9. The number of amides is 1. The standard InChI is InChI=1S/C25H21ClF3N3O4S/c26-17-10-14(27)2-3-16(17)21(32-8-5-15(33)12-32)20-11-30-23(37-20)31-22(34)24(6-7-24)13-1-4-18-19(9-13)36-25(28,29)35-18/h1-4,9-11,15,21,33H,5-8,12H2,(H,30,31,34)/t15-,21?/m0/s1. The number of carbonyl (C=O) groups is 1. The van der Waals surface area contributed by atoms with E-state index in [1.54, 1.807) is 18.3 Å². The first-order chi connectivity index (χ1) is 17.6. The Morgan fingerprint density at radius 3 is 2.70 bits per heavy atom. The molecule has 1 aromatic heterocycles. The van der Waals surface area contributed by atoms with E-state index in [0.29, 0.717) is 48.6 Å². The highest BCUT2D eigenvalue weighted by Crippen LogP contribution is 2.52. The van der Waals surface area contributed by atoms with Gasteiger partial charge >= 0.3 is 6.29 Å². The number of alkyl halides is 2. The monoisotopic (exact) mass is 551 g/mol. The number of aromatic nitrogens is 1. The first-order valence-corrected chi connectivity index (χ1v) is 12.9. The van der Waals surface area contributed by atoms with Gasteiger partial charge in [-0.3, -0.25) is 9.69 Å². The maximum Gasteiger partial charge on any atom is 0.586 e. The predicted molar refractivity (Wildman–Crippen MR) is 130 cm³/mol. The first kappa shape index (κ1) is 24.5. The number of nitrogens with zero attached hydrogens (tertiary/aromatic N) is 2. The van der Waals surface area contributed by atoms with Crippen LogP contribution in [-0.4, -0.2) is 46.4 Å². The van der Waals surface area contributed by atoms with E-state index < -0.39 is 23.6 Å². The summed E-state index contributed by atoms with van der Waals surface area (Å²) in [6, 6.07) is 8.21. The van der Waals surface area contributed by atoms with Crippen LogP contribution in [0.15, 0.2) is 42.6 Å². The van der Waals surface area contributed by atoms with Crippen molar-refractivity contribution in [1.29, 1.82) is 0 Å². The minimum Gasteiger partial charge on any atom is -0.395 e. The van der Waals surface area contributed by atoms with E-state index in [9.17, 15) is 23.1 Å². The number of fused-ring (bicyclic) bond motifs is 1. The highest BCUT2D eigenvalue weighted by atomic mass is 35.5. The molecule has 7 nitrogen and oxygen atoms in total. The van der Waals surface area contributed by atoms with Crippen molar-refractivity contribution in [1.82, 2.24) is 9.88 Å². The van der Waals surface area contributed by atoms with Gasteiger partial charge < -0.3 is 19.9 Å². The van der Waals surface area contributed by atoms with Crippen LogP contribution in [0.1, 0.15) is 41.3 Å². The van der Waals surface area contributed by atoms with Gasteiger partial charge in [-0.15, -0.1) is 8.78 Å². The third-order valence-corrected chi connectivity index (χ3v) is 8.26. The number of anilines is 1. The highest BCUT2D eigenvalue weighted by molar-refractivity contribution is 7.15. The summed E-state index contributed by atoms with van der Waals surface area (Å²) in [5.74, 6) is -0.933. The van der Waals surface area contributed by atoms with Crippen molar-refractivity contribution in [2.75, 3.05) is 18.4 Å². The van der Waals surface area contributed by atoms with E-state index in [1.807, 2.05) is 4.90 Å². The molecule has 2 aliphatic heterocycles. The number of hydrogen-bond donors (Lipinski definition) is 2. The number of aliphatic hydroxyl groups is 1. The van der Waals surface area contributed by atoms with Crippen molar-refractivity contribution in [3.05, 3.63) is 69.4 Å². The van der Waals surface area contributed by atoms with Crippen LogP contribution in [0, 0.1) is 5.82 Å². The van der Waals surface area contributed by atoms with Gasteiger partial charge in [0.15, 0.2) is 16.6 Å². The fourth-order valence-electron chi connectivity index (χ4n) is 4.96. The summed E-state index contributed by atoms with van der Waals surface area (Å²) in [5.41, 5.74) is 0.360. The van der Waals surface area contributed by atoms with Crippen LogP contribution in [-0.2, 0) is 10.2 Å². The SMILES string of the molecule is O=C(Nc1ncc(C(c2ccc(F)cc2Cl)N2CC[C@H](O)C2)s1)C1(c2ccc3c(c2)OC(F)(F)O3)CC1. The smallest absolute Gasteiger partial charge is 0.395 e. The van der Waals surface area contributed by atoms with Crippen LogP contribution in [0.25, 0.3) is 0 Å². The van der Waals surface area contributed by atoms with Gasteiger partial charge in [0, 0.05) is 29.2 Å². The fourth-order valence-corrected chi connectivity index (χ4v) is 6.20. The van der Waals surface area contributed by atoms with Gasteiger partial charge in [0.05, 0.1) is 17.6 Å². The van der Waals surface area contributed by atoms with E-state index in [1.165, 1.54) is 35.6 Å². The lowest BCUT2D eigenvalue weighted by molar-refractivity contribution is -0.286. The lowest BCUT2D eigenvalue weighted by Gasteiger charge is -2.27. The Morgan fingerprint density at radius 1 is 1.22 bits per heavy atom. The van der Waals surface area contributed by atoms with Gasteiger partial charge in [-0.1, -0.05) is 35.1 Å². The normalized spacial score (nSPS) is 22.1. The number of likely N-dealkylation sites (tertiary alicyclic amines) is 1. The number of rotatable bonds is 6. The third-order valence-electron chi connectivity index (χ3n) is 6.97. The molecule has 1 saturated heterocycles. The molecule has 2 N–H and O–H groups in total. The van der Waals surface area contributed by atoms with Gasteiger partial charge in [0.25, 0.3) is 0 Å². The Hall–Kier alpha value is -2.86. The summed E-state index contributed by atoms with van der Waals surface area (Å²) in [5, 5.41) is 13.6. The van der Waals surface area contributed by atoms with E-state index >= 15 is 0 Å². The molecule has 3 aliphatic rings. The number of β-amino-alcohol motifs (C(OH)–C–C–N with tert-alkyl or cyclic N) is 1. The average molecular weight is 552 g/mol. The minimum absolute atomic E-state index is 0.0768. The molecule has 2 atom stereocenters. The Balaban J connectivity index is 1.24. The van der Waals surface area contributed by atoms with E-state index in [-0.39, 0.29) is 28.5 Å². The van der Waals surface area contributed by atoms with Crippen molar-refractivity contribution in [2.45, 2.75) is 43.1 Å². The number of hydrogen-bond acceptors (Lipinski definition) is 7. The Bertz CT molecular complexity index is 1380. The fraction of sp³-hybridized carbons (Fsp3) is 0.360. The number of halogens is 4. The molecule has 1 saturated carbocycles. The molecular weight excluding hydrogens is 531 g/mol. The molecule has 0 radical (unpaired) electrons. The number of ether oxygens (including phenoxy) is 2. The molecular formula is C25H21ClF3N3O4S. The van der Waals surface area contributed by atoms with Crippen molar-refractivity contribution in [3.8, 4) is 11.5 Å². The molecule has 0 spiro atoms. The number of nitrogens with one attached hydrogen (secondary N) is 1. The summed E-state index contributed by atoms with van der Waals surface area (Å²) in [6.45, 7) is 1.04. The molecule has 12 heteroatoms. The van der Waals surface area contributed by atoms with Crippen molar-refractivity contribution < 1.29 is 32.5 Å². The number of thiazole rings is 1. The van der Waals surface area contributed by atoms with Crippen LogP contribution in [0.4, 0.5) is 18.3 Å². The molecule has 6 rings (SSSR count). The zero-order valence-electron chi connectivity index (χ0n) is 19.2. The van der Waals surface area contributed by atoms with Crippen LogP contribution in [0.2, 0.25) is 5.02 Å². The van der Waals surface area contributed by atoms with Gasteiger partial charge in [-0.25, -0.2) is 9.37 Å². The molecule has 1 amide bonds. The molecule has 1 aliphatic carbocycles. The lowest BCUT2D eigenvalue weighted by atomic mass is 9.94. The van der Waals surface area contributed by atoms with Gasteiger partial charge in [0.1, 0.15) is 5.82 Å². The van der Waals surface area contributed by atoms with Crippen molar-refractivity contribution in [2.24, 2.45) is 0 Å². The molecule has 1 unspecified atom stereocenters. The Kier molecular flexibility index (Phi) is 5.86. The number of aliphatic hydroxyl groups excluding tert-OH is 1. The maximum atomic E-state index is 13.7. The van der Waals surface area contributed by atoms with Crippen molar-refractivity contribution >= 4 is 34.0 Å². The van der Waals surface area contributed by atoms with E-state index in [4.69, 9.17) is 11.6 Å². The lowest BCUT2D eigenvalue weighted by Crippen LogP contribution is -2.28. The van der Waals surface area contributed by atoms with Crippen LogP contribution >= 0.6 is 22.9 Å². The molecule has 37 heavy (non-hydrogen) atoms. The van der Waals surface area contributed by atoms with E-state index in [2.05, 4.69) is 19.8 Å². The molecule has 3 aromatic rings. The molecule has 2 aromatic carbocycles. The second-order valence-corrected chi connectivity index (χ2v) is 10.9. The minimum atomic E-state index is -3.73. The predicted octanol–water partition coefficient (Wildman–Crippen LogP) is 5.08. The summed E-state index contributed by atoms with van der Waals surface area (Å²) < 4.78 is 49.6. The summed E-state index contributed by atoms with van der Waals surface area (Å²) in [7, 11) is 0. The Labute approximate surface area is 218 Å². The molecule has 194 valence electrons. The Morgan fingerprint density at radius 2 is 2.00 bits per heavy atom. The van der Waals surface area contributed by atoms with Crippen LogP contribution < -0.4 is 14.8 Å². The van der Waals surface area contributed by atoms with Gasteiger partial charge in [-0.2, -0.15) is 0 Å². The highest BCUT2D eigenvalue weighted by Gasteiger charge is 2.53. The van der Waals surface area contributed by atoms with E-state index in [0.717, 1.165) is 4.88 Å². The number of carbonyl (C=O) groups excluding carboxylic acids is 1. The molecule has 3 heterocycles. The first-order valence-electron chi connectivity index (χ1n) is 11.7. The molecule has 0 bridgehead atoms. The van der Waals surface area contributed by atoms with Crippen molar-refractivity contribution in [3.63, 3.8) is 0 Å². The average Bonchev–Trinajstić information content (AvgIpc) is 3.16. The topological polar surface area (TPSA) is 83.9 Å².